The van der Waals surface area contributed by atoms with Gasteiger partial charge in [0.15, 0.2) is 0 Å². The van der Waals surface area contributed by atoms with E-state index in [1.165, 1.54) is 116 Å². The summed E-state index contributed by atoms with van der Waals surface area (Å²) >= 11 is 6.78. The minimum absolute atomic E-state index is 0.283. The molecule has 0 saturated carbocycles. The van der Waals surface area contributed by atoms with E-state index < -0.39 is 0 Å². The van der Waals surface area contributed by atoms with Crippen LogP contribution in [0.4, 0.5) is 0 Å². The highest BCUT2D eigenvalue weighted by molar-refractivity contribution is 6.31. The van der Waals surface area contributed by atoms with Crippen molar-refractivity contribution in [1.82, 2.24) is 0 Å². The summed E-state index contributed by atoms with van der Waals surface area (Å²) in [5.74, 6) is 0. The molecular formula is C62H43ClO. The van der Waals surface area contributed by atoms with Crippen molar-refractivity contribution >= 4 is 55.1 Å². The van der Waals surface area contributed by atoms with Crippen LogP contribution in [0.5, 0.6) is 0 Å². The molecule has 0 unspecified atom stereocenters. The normalized spacial score (nSPS) is 14.3. The van der Waals surface area contributed by atoms with Gasteiger partial charge in [0.05, 0.1) is 0 Å². The molecule has 10 aromatic carbocycles. The van der Waals surface area contributed by atoms with Gasteiger partial charge in [-0.05, 0) is 147 Å². The number of halogens is 1. The van der Waals surface area contributed by atoms with E-state index in [1.54, 1.807) is 0 Å². The minimum atomic E-state index is -0.335. The quantitative estimate of drug-likeness (QED) is 0.161. The van der Waals surface area contributed by atoms with Gasteiger partial charge >= 0.3 is 0 Å². The molecule has 13 rings (SSSR count). The molecule has 0 spiro atoms. The Morgan fingerprint density at radius 3 is 1.41 bits per heavy atom. The molecule has 304 valence electrons. The number of hydrogen-bond donors (Lipinski definition) is 0. The van der Waals surface area contributed by atoms with E-state index in [0.717, 1.165) is 21.6 Å². The SMILES string of the molecule is CC1(C)c2cc(-c3c4ccccc4c(-c4cc(-c5ccccc5)cc(-c5ccccc5)c4)c4ccccc34)ccc2-c2c1c1c(c3c2oc2ccccc23)-c2ccc(Cl)cc2C1(C)C. The third-order valence-electron chi connectivity index (χ3n) is 14.6. The lowest BCUT2D eigenvalue weighted by atomic mass is 9.72. The van der Waals surface area contributed by atoms with Gasteiger partial charge < -0.3 is 4.42 Å². The molecule has 0 N–H and O–H groups in total. The predicted octanol–water partition coefficient (Wildman–Crippen LogP) is 17.8. The lowest BCUT2D eigenvalue weighted by Gasteiger charge is -2.31. The molecule has 2 aliphatic carbocycles. The van der Waals surface area contributed by atoms with Crippen LogP contribution in [-0.4, -0.2) is 0 Å². The van der Waals surface area contributed by atoms with Crippen LogP contribution in [0.15, 0.2) is 192 Å². The predicted molar refractivity (Wildman–Crippen MR) is 271 cm³/mol. The number of furan rings is 1. The van der Waals surface area contributed by atoms with Crippen LogP contribution in [0.3, 0.4) is 0 Å². The van der Waals surface area contributed by atoms with Crippen molar-refractivity contribution in [2.24, 2.45) is 0 Å². The van der Waals surface area contributed by atoms with Gasteiger partial charge in [-0.15, -0.1) is 0 Å². The summed E-state index contributed by atoms with van der Waals surface area (Å²) in [6, 6.07) is 68.9. The monoisotopic (exact) mass is 838 g/mol. The maximum Gasteiger partial charge on any atom is 0.144 e. The first-order chi connectivity index (χ1) is 31.2. The Bertz CT molecular complexity index is 3660. The maximum absolute atomic E-state index is 7.01. The van der Waals surface area contributed by atoms with Gasteiger partial charge in [-0.25, -0.2) is 0 Å². The van der Waals surface area contributed by atoms with E-state index in [2.05, 4.69) is 210 Å². The van der Waals surface area contributed by atoms with Crippen molar-refractivity contribution in [2.45, 2.75) is 38.5 Å². The molecule has 1 heterocycles. The van der Waals surface area contributed by atoms with Crippen molar-refractivity contribution in [1.29, 1.82) is 0 Å². The topological polar surface area (TPSA) is 13.1 Å². The highest BCUT2D eigenvalue weighted by Gasteiger charge is 2.48. The molecule has 0 radical (unpaired) electrons. The second-order valence-corrected chi connectivity index (χ2v) is 19.3. The van der Waals surface area contributed by atoms with Crippen molar-refractivity contribution in [3.63, 3.8) is 0 Å². The zero-order valence-electron chi connectivity index (χ0n) is 36.2. The molecule has 1 aromatic heterocycles. The molecule has 0 fully saturated rings. The van der Waals surface area contributed by atoms with Crippen LogP contribution in [0.25, 0.3) is 110 Å². The van der Waals surface area contributed by atoms with E-state index in [0.29, 0.717) is 0 Å². The fraction of sp³-hybridized carbons (Fsp3) is 0.0968. The summed E-state index contributed by atoms with van der Waals surface area (Å²) in [5, 5.41) is 8.08. The molecule has 0 saturated heterocycles. The highest BCUT2D eigenvalue weighted by atomic mass is 35.5. The van der Waals surface area contributed by atoms with Crippen molar-refractivity contribution in [3.05, 3.63) is 215 Å². The summed E-state index contributed by atoms with van der Waals surface area (Å²) in [7, 11) is 0. The van der Waals surface area contributed by atoms with Crippen molar-refractivity contribution in [2.75, 3.05) is 0 Å². The van der Waals surface area contributed by atoms with Crippen LogP contribution < -0.4 is 0 Å². The average Bonchev–Trinajstić information content (AvgIpc) is 3.90. The van der Waals surface area contributed by atoms with E-state index >= 15 is 0 Å². The molecule has 0 aliphatic heterocycles. The third-order valence-corrected chi connectivity index (χ3v) is 14.9. The van der Waals surface area contributed by atoms with Crippen molar-refractivity contribution < 1.29 is 4.42 Å². The Morgan fingerprint density at radius 1 is 0.359 bits per heavy atom. The zero-order chi connectivity index (χ0) is 43.1. The molecule has 1 nitrogen and oxygen atoms in total. The first kappa shape index (κ1) is 37.4. The maximum atomic E-state index is 7.01. The zero-order valence-corrected chi connectivity index (χ0v) is 36.9. The molecule has 2 heteroatoms. The number of fused-ring (bicyclic) bond motifs is 14. The Labute approximate surface area is 378 Å². The number of para-hydroxylation sites is 1. The molecule has 0 bridgehead atoms. The van der Waals surface area contributed by atoms with Gasteiger partial charge in [0.1, 0.15) is 11.2 Å². The van der Waals surface area contributed by atoms with E-state index in [4.69, 9.17) is 16.0 Å². The molecule has 11 aromatic rings. The van der Waals surface area contributed by atoms with Gasteiger partial charge in [0, 0.05) is 32.2 Å². The molecule has 2 aliphatic rings. The fourth-order valence-corrected chi connectivity index (χ4v) is 12.0. The van der Waals surface area contributed by atoms with Gasteiger partial charge in [-0.1, -0.05) is 185 Å². The Kier molecular flexibility index (Phi) is 7.83. The van der Waals surface area contributed by atoms with Gasteiger partial charge in [-0.3, -0.25) is 0 Å². The highest BCUT2D eigenvalue weighted by Crippen LogP contribution is 2.63. The second kappa shape index (κ2) is 13.4. The summed E-state index contributed by atoms with van der Waals surface area (Å²) in [6.07, 6.45) is 0. The number of hydrogen-bond acceptors (Lipinski definition) is 1. The van der Waals surface area contributed by atoms with Crippen LogP contribution in [-0.2, 0) is 10.8 Å². The summed E-state index contributed by atoms with van der Waals surface area (Å²) < 4.78 is 7.01. The van der Waals surface area contributed by atoms with E-state index in [-0.39, 0.29) is 10.8 Å². The second-order valence-electron chi connectivity index (χ2n) is 18.9. The smallest absolute Gasteiger partial charge is 0.144 e. The van der Waals surface area contributed by atoms with Crippen LogP contribution in [0.2, 0.25) is 5.02 Å². The molecular weight excluding hydrogens is 796 g/mol. The van der Waals surface area contributed by atoms with Gasteiger partial charge in [0.2, 0.25) is 0 Å². The van der Waals surface area contributed by atoms with Crippen LogP contribution in [0, 0.1) is 0 Å². The summed E-state index contributed by atoms with van der Waals surface area (Å²) in [4.78, 5) is 0. The summed E-state index contributed by atoms with van der Waals surface area (Å²) in [5.41, 5.74) is 21.4. The molecule has 0 amide bonds. The first-order valence-electron chi connectivity index (χ1n) is 22.4. The largest absolute Gasteiger partial charge is 0.455 e. The number of benzene rings is 10. The lowest BCUT2D eigenvalue weighted by molar-refractivity contribution is 0.600. The molecule has 64 heavy (non-hydrogen) atoms. The van der Waals surface area contributed by atoms with Crippen LogP contribution >= 0.6 is 11.6 Å². The Morgan fingerprint density at radius 2 is 0.812 bits per heavy atom. The van der Waals surface area contributed by atoms with Gasteiger partial charge in [-0.2, -0.15) is 0 Å². The van der Waals surface area contributed by atoms with Crippen LogP contribution in [0.1, 0.15) is 49.9 Å². The van der Waals surface area contributed by atoms with Gasteiger partial charge in [0.25, 0.3) is 0 Å². The van der Waals surface area contributed by atoms with E-state index in [9.17, 15) is 0 Å². The lowest BCUT2D eigenvalue weighted by Crippen LogP contribution is -2.24. The van der Waals surface area contributed by atoms with E-state index in [1.807, 2.05) is 6.07 Å². The Hall–Kier alpha value is -7.19. The van der Waals surface area contributed by atoms with Crippen molar-refractivity contribution in [3.8, 4) is 66.8 Å². The third kappa shape index (κ3) is 5.13. The fourth-order valence-electron chi connectivity index (χ4n) is 11.8. The summed E-state index contributed by atoms with van der Waals surface area (Å²) in [6.45, 7) is 9.60. The standard InChI is InChI=1S/C62H43ClO/c1-61(2)50-34-38(27-29-48(50)57-59(61)58-55(47-30-28-42(63)35-51(47)62(58,3)4)56-49-25-15-16-26-52(49)64-60(56)57)53-43-21-11-13-23-45(43)54(46-24-14-12-22-44(46)53)41-32-39(36-17-7-5-8-18-36)31-40(33-41)37-19-9-6-10-20-37/h5-35H,1-4H3. The Balaban J connectivity index is 1.07. The number of rotatable bonds is 4. The minimum Gasteiger partial charge on any atom is -0.455 e. The first-order valence-corrected chi connectivity index (χ1v) is 22.7. The average molecular weight is 839 g/mol. The molecule has 0 atom stereocenters.